The van der Waals surface area contributed by atoms with Crippen molar-refractivity contribution in [1.82, 2.24) is 9.55 Å². The van der Waals surface area contributed by atoms with Gasteiger partial charge in [-0.15, -0.1) is 0 Å². The average molecular weight is 366 g/mol. The summed E-state index contributed by atoms with van der Waals surface area (Å²) in [4.78, 5) is 19.4. The Balaban J connectivity index is 2.09. The van der Waals surface area contributed by atoms with E-state index in [1.807, 2.05) is 11.0 Å². The minimum atomic E-state index is -0.464. The Labute approximate surface area is 156 Å². The Kier molecular flexibility index (Phi) is 5.73. The van der Waals surface area contributed by atoms with Gasteiger partial charge in [0.25, 0.3) is 5.56 Å². The molecular formula is C20H19FN4O2. The van der Waals surface area contributed by atoms with Crippen molar-refractivity contribution in [1.29, 1.82) is 5.26 Å². The Morgan fingerprint density at radius 2 is 2.07 bits per heavy atom. The first kappa shape index (κ1) is 18.5. The van der Waals surface area contributed by atoms with E-state index in [4.69, 9.17) is 4.74 Å². The van der Waals surface area contributed by atoms with Crippen molar-refractivity contribution in [2.75, 3.05) is 18.0 Å². The predicted molar refractivity (Wildman–Crippen MR) is 98.9 cm³/mol. The summed E-state index contributed by atoms with van der Waals surface area (Å²) in [6.07, 6.45) is 6.92. The van der Waals surface area contributed by atoms with Crippen molar-refractivity contribution < 1.29 is 9.13 Å². The fourth-order valence-corrected chi connectivity index (χ4v) is 3.10. The third-order valence-electron chi connectivity index (χ3n) is 4.41. The summed E-state index contributed by atoms with van der Waals surface area (Å²) in [6, 6.07) is 5.95. The number of nitriles is 1. The topological polar surface area (TPSA) is 71.2 Å². The molecule has 1 aliphatic rings. The highest BCUT2D eigenvalue weighted by Gasteiger charge is 2.20. The van der Waals surface area contributed by atoms with Crippen molar-refractivity contribution in [2.24, 2.45) is 0 Å². The van der Waals surface area contributed by atoms with E-state index in [9.17, 15) is 14.4 Å². The fourth-order valence-electron chi connectivity index (χ4n) is 3.10. The Morgan fingerprint density at radius 3 is 2.78 bits per heavy atom. The summed E-state index contributed by atoms with van der Waals surface area (Å²) >= 11 is 0. The Hall–Kier alpha value is -3.32. The van der Waals surface area contributed by atoms with E-state index in [2.05, 4.69) is 17.0 Å². The lowest BCUT2D eigenvalue weighted by Gasteiger charge is -2.29. The molecule has 1 aromatic heterocycles. The minimum Gasteiger partial charge on any atom is -0.400 e. The normalized spacial score (nSPS) is 13.4. The van der Waals surface area contributed by atoms with Gasteiger partial charge >= 0.3 is 0 Å². The van der Waals surface area contributed by atoms with Crippen molar-refractivity contribution in [3.8, 4) is 23.8 Å². The molecule has 0 aliphatic carbocycles. The molecule has 3 rings (SSSR count). The maximum atomic E-state index is 13.7. The Bertz CT molecular complexity index is 992. The molecule has 0 unspecified atom stereocenters. The van der Waals surface area contributed by atoms with Gasteiger partial charge in [0.05, 0.1) is 24.4 Å². The number of rotatable bonds is 4. The number of hydrogen-bond donors (Lipinski definition) is 0. The molecule has 1 aliphatic heterocycles. The second-order valence-electron chi connectivity index (χ2n) is 6.23. The van der Waals surface area contributed by atoms with E-state index >= 15 is 0 Å². The first-order valence-electron chi connectivity index (χ1n) is 8.76. The van der Waals surface area contributed by atoms with Crippen molar-refractivity contribution >= 4 is 5.95 Å². The zero-order valence-electron chi connectivity index (χ0n) is 15.0. The molecule has 2 aromatic rings. The van der Waals surface area contributed by atoms with Crippen molar-refractivity contribution in [2.45, 2.75) is 32.7 Å². The van der Waals surface area contributed by atoms with Gasteiger partial charge in [-0.3, -0.25) is 9.36 Å². The van der Waals surface area contributed by atoms with Crippen LogP contribution in [-0.4, -0.2) is 22.6 Å². The summed E-state index contributed by atoms with van der Waals surface area (Å²) in [7, 11) is 0. The maximum absolute atomic E-state index is 13.7. The molecule has 6 nitrogen and oxygen atoms in total. The van der Waals surface area contributed by atoms with E-state index < -0.39 is 11.4 Å². The number of hydrogen-bond acceptors (Lipinski definition) is 5. The molecule has 2 heterocycles. The molecule has 1 saturated heterocycles. The lowest BCUT2D eigenvalue weighted by Crippen LogP contribution is -2.36. The molecule has 0 radical (unpaired) electrons. The highest BCUT2D eigenvalue weighted by Crippen LogP contribution is 2.20. The van der Waals surface area contributed by atoms with E-state index in [0.717, 1.165) is 32.4 Å². The van der Waals surface area contributed by atoms with Crippen molar-refractivity contribution in [3.63, 3.8) is 0 Å². The van der Waals surface area contributed by atoms with Crippen molar-refractivity contribution in [3.05, 3.63) is 51.7 Å². The van der Waals surface area contributed by atoms with Gasteiger partial charge in [-0.05, 0) is 43.0 Å². The van der Waals surface area contributed by atoms with Crippen LogP contribution < -0.4 is 15.2 Å². The van der Waals surface area contributed by atoms with Crippen LogP contribution >= 0.6 is 0 Å². The summed E-state index contributed by atoms with van der Waals surface area (Å²) in [6.45, 7) is 3.19. The Morgan fingerprint density at radius 1 is 1.30 bits per heavy atom. The molecule has 7 heteroatoms. The van der Waals surface area contributed by atoms with E-state index in [0.29, 0.717) is 17.1 Å². The monoisotopic (exact) mass is 366 g/mol. The van der Waals surface area contributed by atoms with Gasteiger partial charge in [0, 0.05) is 20.0 Å². The molecular weight excluding hydrogens is 347 g/mol. The number of nitrogens with zero attached hydrogens (tertiary/aromatic N) is 4. The first-order valence-corrected chi connectivity index (χ1v) is 8.76. The van der Waals surface area contributed by atoms with Crippen LogP contribution in [-0.2, 0) is 6.54 Å². The van der Waals surface area contributed by atoms with Gasteiger partial charge < -0.3 is 9.64 Å². The van der Waals surface area contributed by atoms with Gasteiger partial charge in [0.1, 0.15) is 11.9 Å². The maximum Gasteiger partial charge on any atom is 0.299 e. The second kappa shape index (κ2) is 8.37. The largest absolute Gasteiger partial charge is 0.400 e. The SMILES string of the molecule is CC#COc1cnc(N2CCCCC2)n(Cc2cc(F)ccc2C#N)c1=O. The number of anilines is 1. The molecule has 0 N–H and O–H groups in total. The van der Waals surface area contributed by atoms with E-state index in [-0.39, 0.29) is 12.3 Å². The lowest BCUT2D eigenvalue weighted by atomic mass is 10.1. The molecule has 138 valence electrons. The second-order valence-corrected chi connectivity index (χ2v) is 6.23. The number of aromatic nitrogens is 2. The molecule has 0 bridgehead atoms. The summed E-state index contributed by atoms with van der Waals surface area (Å²) in [5.41, 5.74) is 0.312. The number of halogens is 1. The third-order valence-corrected chi connectivity index (χ3v) is 4.41. The molecule has 0 saturated carbocycles. The zero-order valence-corrected chi connectivity index (χ0v) is 15.0. The quantitative estimate of drug-likeness (QED) is 0.778. The molecule has 1 fully saturated rings. The minimum absolute atomic E-state index is 0.0000187. The van der Waals surface area contributed by atoms with Crippen LogP contribution in [0.3, 0.4) is 0 Å². The smallest absolute Gasteiger partial charge is 0.299 e. The van der Waals surface area contributed by atoms with E-state index in [1.165, 1.54) is 29.0 Å². The summed E-state index contributed by atoms with van der Waals surface area (Å²) < 4.78 is 20.3. The highest BCUT2D eigenvalue weighted by molar-refractivity contribution is 5.41. The van der Waals surface area contributed by atoms with Crippen LogP contribution in [0.25, 0.3) is 0 Å². The third kappa shape index (κ3) is 4.09. The number of benzene rings is 1. The number of piperidine rings is 1. The molecule has 1 aromatic carbocycles. The van der Waals surface area contributed by atoms with Crippen LogP contribution in [0.5, 0.6) is 5.75 Å². The van der Waals surface area contributed by atoms with Crippen LogP contribution in [0, 0.1) is 29.2 Å². The van der Waals surface area contributed by atoms with E-state index in [1.54, 1.807) is 6.92 Å². The van der Waals surface area contributed by atoms with Crippen LogP contribution in [0.4, 0.5) is 10.3 Å². The number of ether oxygens (including phenoxy) is 1. The molecule has 0 spiro atoms. The van der Waals surface area contributed by atoms with Gasteiger partial charge in [0.15, 0.2) is 0 Å². The van der Waals surface area contributed by atoms with Gasteiger partial charge in [-0.2, -0.15) is 5.26 Å². The average Bonchev–Trinajstić information content (AvgIpc) is 2.69. The van der Waals surface area contributed by atoms with Gasteiger partial charge in [-0.25, -0.2) is 9.37 Å². The zero-order chi connectivity index (χ0) is 19.2. The van der Waals surface area contributed by atoms with Gasteiger partial charge in [-0.1, -0.05) is 5.92 Å². The lowest BCUT2D eigenvalue weighted by molar-refractivity contribution is 0.490. The fraction of sp³-hybridized carbons (Fsp3) is 0.350. The molecule has 0 amide bonds. The standard InChI is InChI=1S/C20H19FN4O2/c1-2-10-27-18-13-23-20(24-8-4-3-5-9-24)25(19(18)26)14-16-11-17(21)7-6-15(16)12-22/h6-7,11,13H,3-5,8-9,14H2,1H3. The summed E-state index contributed by atoms with van der Waals surface area (Å²) in [5, 5.41) is 9.32. The molecule has 0 atom stereocenters. The van der Waals surface area contributed by atoms with Crippen LogP contribution in [0.15, 0.2) is 29.2 Å². The first-order chi connectivity index (χ1) is 13.1. The molecule has 27 heavy (non-hydrogen) atoms. The highest BCUT2D eigenvalue weighted by atomic mass is 19.1. The summed E-state index contributed by atoms with van der Waals surface area (Å²) in [5.74, 6) is 2.59. The predicted octanol–water partition coefficient (Wildman–Crippen LogP) is 2.65. The van der Waals surface area contributed by atoms with Crippen LogP contribution in [0.1, 0.15) is 37.3 Å². The van der Waals surface area contributed by atoms with Gasteiger partial charge in [0.2, 0.25) is 11.7 Å². The van der Waals surface area contributed by atoms with Crippen LogP contribution in [0.2, 0.25) is 0 Å².